The third kappa shape index (κ3) is 4.01. The molecule has 5 nitrogen and oxygen atoms in total. The van der Waals surface area contributed by atoms with Crippen LogP contribution >= 0.6 is 11.6 Å². The Labute approximate surface area is 129 Å². The second kappa shape index (κ2) is 6.53. The van der Waals surface area contributed by atoms with E-state index >= 15 is 0 Å². The molecule has 1 aromatic heterocycles. The zero-order chi connectivity index (χ0) is 15.5. The van der Waals surface area contributed by atoms with E-state index in [1.54, 1.807) is 6.92 Å². The fraction of sp³-hybridized carbons (Fsp3) is 0.214. The van der Waals surface area contributed by atoms with Crippen molar-refractivity contribution in [3.05, 3.63) is 58.9 Å². The molecular weight excluding hydrogens is 310 g/mol. The van der Waals surface area contributed by atoms with Gasteiger partial charge in [-0.25, -0.2) is 18.1 Å². The van der Waals surface area contributed by atoms with Crippen molar-refractivity contribution in [1.29, 1.82) is 0 Å². The minimum Gasteiger partial charge on any atom is -0.323 e. The molecule has 0 fully saturated rings. The van der Waals surface area contributed by atoms with Gasteiger partial charge in [-0.2, -0.15) is 0 Å². The summed E-state index contributed by atoms with van der Waals surface area (Å²) in [5.74, 6) is 0. The number of rotatable bonds is 5. The van der Waals surface area contributed by atoms with E-state index in [1.807, 2.05) is 30.3 Å². The van der Waals surface area contributed by atoms with Crippen molar-refractivity contribution in [3.8, 4) is 0 Å². The zero-order valence-corrected chi connectivity index (χ0v) is 13.0. The Morgan fingerprint density at radius 1 is 1.33 bits per heavy atom. The zero-order valence-electron chi connectivity index (χ0n) is 11.5. The number of nitrogens with one attached hydrogen (secondary N) is 1. The highest BCUT2D eigenvalue weighted by Crippen LogP contribution is 2.17. The molecule has 0 saturated heterocycles. The van der Waals surface area contributed by atoms with E-state index in [-0.39, 0.29) is 16.6 Å². The summed E-state index contributed by atoms with van der Waals surface area (Å²) in [6.07, 6.45) is 1.23. The molecule has 1 aromatic carbocycles. The molecule has 0 radical (unpaired) electrons. The SMILES string of the molecule is Cc1cc(S(=O)(=O)NCC(N)c2ccccc2)cnc1Cl. The maximum absolute atomic E-state index is 12.2. The summed E-state index contributed by atoms with van der Waals surface area (Å²) in [5.41, 5.74) is 7.44. The van der Waals surface area contributed by atoms with Crippen molar-refractivity contribution >= 4 is 21.6 Å². The number of sulfonamides is 1. The minimum absolute atomic E-state index is 0.0738. The lowest BCUT2D eigenvalue weighted by molar-refractivity contribution is 0.572. The van der Waals surface area contributed by atoms with Crippen LogP contribution in [-0.4, -0.2) is 19.9 Å². The van der Waals surface area contributed by atoms with E-state index in [9.17, 15) is 8.42 Å². The predicted molar refractivity (Wildman–Crippen MR) is 82.5 cm³/mol. The van der Waals surface area contributed by atoms with Gasteiger partial charge in [0.2, 0.25) is 10.0 Å². The Bertz CT molecular complexity index is 720. The van der Waals surface area contributed by atoms with Crippen molar-refractivity contribution in [2.45, 2.75) is 17.9 Å². The van der Waals surface area contributed by atoms with Crippen LogP contribution in [0, 0.1) is 6.92 Å². The van der Waals surface area contributed by atoms with Gasteiger partial charge in [0.25, 0.3) is 0 Å². The summed E-state index contributed by atoms with van der Waals surface area (Å²) in [4.78, 5) is 3.92. The molecule has 7 heteroatoms. The molecule has 0 spiro atoms. The van der Waals surface area contributed by atoms with Gasteiger partial charge < -0.3 is 5.73 Å². The van der Waals surface area contributed by atoms with Crippen LogP contribution in [-0.2, 0) is 10.0 Å². The quantitative estimate of drug-likeness (QED) is 0.824. The summed E-state index contributed by atoms with van der Waals surface area (Å²) in [5, 5.41) is 0.287. The Hall–Kier alpha value is -1.47. The largest absolute Gasteiger partial charge is 0.323 e. The molecule has 2 aromatic rings. The first kappa shape index (κ1) is 15.9. The van der Waals surface area contributed by atoms with Crippen LogP contribution in [0.3, 0.4) is 0 Å². The second-order valence-corrected chi connectivity index (χ2v) is 6.77. The molecule has 0 amide bonds. The average molecular weight is 326 g/mol. The van der Waals surface area contributed by atoms with Gasteiger partial charge in [-0.1, -0.05) is 41.9 Å². The Kier molecular flexibility index (Phi) is 4.95. The molecule has 3 N–H and O–H groups in total. The molecule has 21 heavy (non-hydrogen) atoms. The van der Waals surface area contributed by atoms with Gasteiger partial charge in [-0.15, -0.1) is 0 Å². The van der Waals surface area contributed by atoms with E-state index in [1.165, 1.54) is 12.3 Å². The van der Waals surface area contributed by atoms with Crippen LogP contribution in [0.4, 0.5) is 0 Å². The number of halogens is 1. The fourth-order valence-electron chi connectivity index (χ4n) is 1.78. The molecule has 1 unspecified atom stereocenters. The van der Waals surface area contributed by atoms with E-state index in [0.29, 0.717) is 5.56 Å². The van der Waals surface area contributed by atoms with Crippen LogP contribution in [0.25, 0.3) is 0 Å². The van der Waals surface area contributed by atoms with Crippen molar-refractivity contribution in [1.82, 2.24) is 9.71 Å². The highest BCUT2D eigenvalue weighted by molar-refractivity contribution is 7.89. The van der Waals surface area contributed by atoms with E-state index in [2.05, 4.69) is 9.71 Å². The lowest BCUT2D eigenvalue weighted by Crippen LogP contribution is -2.32. The summed E-state index contributed by atoms with van der Waals surface area (Å²) < 4.78 is 26.8. The number of nitrogens with zero attached hydrogens (tertiary/aromatic N) is 1. The van der Waals surface area contributed by atoms with Crippen molar-refractivity contribution in [2.75, 3.05) is 6.54 Å². The molecule has 112 valence electrons. The third-order valence-corrected chi connectivity index (χ3v) is 4.81. The van der Waals surface area contributed by atoms with Gasteiger partial charge in [0, 0.05) is 18.8 Å². The van der Waals surface area contributed by atoms with Crippen molar-refractivity contribution in [3.63, 3.8) is 0 Å². The standard InChI is InChI=1S/C14H16ClN3O2S/c1-10-7-12(8-17-14(10)15)21(19,20)18-9-13(16)11-5-3-2-4-6-11/h2-8,13,18H,9,16H2,1H3. The van der Waals surface area contributed by atoms with Gasteiger partial charge in [0.05, 0.1) is 0 Å². The molecule has 1 atom stereocenters. The Morgan fingerprint density at radius 2 is 2.00 bits per heavy atom. The van der Waals surface area contributed by atoms with Crippen LogP contribution in [0.15, 0.2) is 47.5 Å². The van der Waals surface area contributed by atoms with Crippen LogP contribution in [0.5, 0.6) is 0 Å². The van der Waals surface area contributed by atoms with Crippen LogP contribution < -0.4 is 10.5 Å². The monoisotopic (exact) mass is 325 g/mol. The molecule has 0 aliphatic rings. The molecule has 2 rings (SSSR count). The van der Waals surface area contributed by atoms with E-state index < -0.39 is 16.1 Å². The first-order chi connectivity index (χ1) is 9.90. The van der Waals surface area contributed by atoms with Gasteiger partial charge >= 0.3 is 0 Å². The number of hydrogen-bond acceptors (Lipinski definition) is 4. The summed E-state index contributed by atoms with van der Waals surface area (Å²) in [7, 11) is -3.65. The van der Waals surface area contributed by atoms with Crippen LogP contribution in [0.2, 0.25) is 5.15 Å². The van der Waals surface area contributed by atoms with Gasteiger partial charge in [-0.3, -0.25) is 0 Å². The van der Waals surface area contributed by atoms with E-state index in [4.69, 9.17) is 17.3 Å². The van der Waals surface area contributed by atoms with Gasteiger partial charge in [0.1, 0.15) is 10.0 Å². The third-order valence-electron chi connectivity index (χ3n) is 3.02. The minimum atomic E-state index is -3.65. The maximum atomic E-state index is 12.2. The Balaban J connectivity index is 2.09. The lowest BCUT2D eigenvalue weighted by Gasteiger charge is -2.13. The summed E-state index contributed by atoms with van der Waals surface area (Å²) >= 11 is 5.79. The summed E-state index contributed by atoms with van der Waals surface area (Å²) in [6, 6.07) is 10.4. The average Bonchev–Trinajstić information content (AvgIpc) is 2.48. The number of aryl methyl sites for hydroxylation is 1. The van der Waals surface area contributed by atoms with Crippen molar-refractivity contribution in [2.24, 2.45) is 5.73 Å². The molecule has 1 heterocycles. The molecule has 0 saturated carbocycles. The Morgan fingerprint density at radius 3 is 2.62 bits per heavy atom. The molecule has 0 aliphatic carbocycles. The first-order valence-corrected chi connectivity index (χ1v) is 8.18. The molecule has 0 bridgehead atoms. The smallest absolute Gasteiger partial charge is 0.242 e. The number of hydrogen-bond donors (Lipinski definition) is 2. The van der Waals surface area contributed by atoms with E-state index in [0.717, 1.165) is 5.56 Å². The highest BCUT2D eigenvalue weighted by atomic mass is 35.5. The molecular formula is C14H16ClN3O2S. The number of nitrogens with two attached hydrogens (primary N) is 1. The van der Waals surface area contributed by atoms with Gasteiger partial charge in [0.15, 0.2) is 0 Å². The molecule has 0 aliphatic heterocycles. The predicted octanol–water partition coefficient (Wildman–Crippen LogP) is 2.02. The second-order valence-electron chi connectivity index (χ2n) is 4.65. The topological polar surface area (TPSA) is 85.1 Å². The lowest BCUT2D eigenvalue weighted by atomic mass is 10.1. The normalized spacial score (nSPS) is 13.1. The summed E-state index contributed by atoms with van der Waals surface area (Å²) in [6.45, 7) is 1.80. The van der Waals surface area contributed by atoms with Gasteiger partial charge in [-0.05, 0) is 24.1 Å². The number of benzene rings is 1. The van der Waals surface area contributed by atoms with Crippen LogP contribution in [0.1, 0.15) is 17.2 Å². The number of aromatic nitrogens is 1. The number of pyridine rings is 1. The first-order valence-electron chi connectivity index (χ1n) is 6.32. The van der Waals surface area contributed by atoms with Crippen molar-refractivity contribution < 1.29 is 8.42 Å². The maximum Gasteiger partial charge on any atom is 0.242 e. The highest BCUT2D eigenvalue weighted by Gasteiger charge is 2.17. The fourth-order valence-corrected chi connectivity index (χ4v) is 2.97.